The number of hydrogen-bond acceptors (Lipinski definition) is 5. The normalized spacial score (nSPS) is 16.2. The van der Waals surface area contributed by atoms with E-state index in [1.807, 2.05) is 24.1 Å². The second kappa shape index (κ2) is 6.89. The summed E-state index contributed by atoms with van der Waals surface area (Å²) in [6.07, 6.45) is 1.92. The smallest absolute Gasteiger partial charge is 0.228 e. The number of aromatic nitrogens is 1. The van der Waals surface area contributed by atoms with Crippen molar-refractivity contribution in [1.82, 2.24) is 15.2 Å². The van der Waals surface area contributed by atoms with E-state index < -0.39 is 0 Å². The molecule has 2 rings (SSSR count). The molecule has 21 heavy (non-hydrogen) atoms. The molecule has 0 spiro atoms. The predicted octanol–water partition coefficient (Wildman–Crippen LogP) is 1.03. The molecule has 1 saturated heterocycles. The summed E-state index contributed by atoms with van der Waals surface area (Å²) >= 11 is 1.35. The Morgan fingerprint density at radius 3 is 2.67 bits per heavy atom. The number of anilines is 1. The first kappa shape index (κ1) is 15.8. The summed E-state index contributed by atoms with van der Waals surface area (Å²) in [5, 5.41) is 5.34. The van der Waals surface area contributed by atoms with Crippen LogP contribution in [0.25, 0.3) is 0 Å². The molecule has 116 valence electrons. The third-order valence-corrected chi connectivity index (χ3v) is 4.34. The van der Waals surface area contributed by atoms with E-state index in [2.05, 4.69) is 10.3 Å². The Balaban J connectivity index is 1.78. The lowest BCUT2D eigenvalue weighted by molar-refractivity contribution is -0.131. The molecule has 0 aliphatic carbocycles. The maximum atomic E-state index is 12.2. The van der Waals surface area contributed by atoms with Crippen LogP contribution in [-0.2, 0) is 16.0 Å². The monoisotopic (exact) mass is 310 g/mol. The van der Waals surface area contributed by atoms with E-state index in [0.29, 0.717) is 24.6 Å². The number of nitrogen functional groups attached to an aromatic ring is 1. The van der Waals surface area contributed by atoms with Gasteiger partial charge >= 0.3 is 0 Å². The highest BCUT2D eigenvalue weighted by molar-refractivity contribution is 7.13. The molecule has 1 aromatic heterocycles. The summed E-state index contributed by atoms with van der Waals surface area (Å²) in [6.45, 7) is 5.13. The van der Waals surface area contributed by atoms with Crippen molar-refractivity contribution in [2.45, 2.75) is 39.2 Å². The van der Waals surface area contributed by atoms with E-state index in [1.54, 1.807) is 0 Å². The maximum absolute atomic E-state index is 12.2. The molecule has 2 amide bonds. The fraction of sp³-hybridized carbons (Fsp3) is 0.643. The molecule has 0 aromatic carbocycles. The number of thiazole rings is 1. The summed E-state index contributed by atoms with van der Waals surface area (Å²) in [6, 6.07) is 0.180. The molecular weight excluding hydrogens is 288 g/mol. The van der Waals surface area contributed by atoms with Crippen LogP contribution < -0.4 is 11.1 Å². The molecule has 0 bridgehead atoms. The molecule has 0 saturated carbocycles. The van der Waals surface area contributed by atoms with Gasteiger partial charge in [0.2, 0.25) is 11.8 Å². The van der Waals surface area contributed by atoms with Crippen molar-refractivity contribution in [2.24, 2.45) is 5.92 Å². The molecule has 3 N–H and O–H groups in total. The first-order valence-corrected chi connectivity index (χ1v) is 8.11. The average molecular weight is 310 g/mol. The Bertz CT molecular complexity index is 507. The molecule has 2 heterocycles. The number of carbonyl (C=O) groups is 2. The van der Waals surface area contributed by atoms with Crippen molar-refractivity contribution in [3.63, 3.8) is 0 Å². The van der Waals surface area contributed by atoms with Crippen molar-refractivity contribution in [3.05, 3.63) is 11.1 Å². The fourth-order valence-electron chi connectivity index (χ4n) is 2.31. The lowest BCUT2D eigenvalue weighted by Crippen LogP contribution is -2.47. The molecule has 1 fully saturated rings. The SMILES string of the molecule is CC(C)C(=O)NC1CCN(C(=O)Cc2csc(N)n2)CC1. The Labute approximate surface area is 128 Å². The van der Waals surface area contributed by atoms with Gasteiger partial charge in [0.05, 0.1) is 12.1 Å². The highest BCUT2D eigenvalue weighted by Gasteiger charge is 2.24. The number of carbonyl (C=O) groups excluding carboxylic acids is 2. The van der Waals surface area contributed by atoms with E-state index in [1.165, 1.54) is 11.3 Å². The van der Waals surface area contributed by atoms with Gasteiger partial charge < -0.3 is 16.0 Å². The van der Waals surface area contributed by atoms with Crippen LogP contribution in [0.4, 0.5) is 5.13 Å². The van der Waals surface area contributed by atoms with Gasteiger partial charge in [-0.2, -0.15) is 0 Å². The number of nitrogens with two attached hydrogens (primary N) is 1. The van der Waals surface area contributed by atoms with Crippen molar-refractivity contribution >= 4 is 28.3 Å². The summed E-state index contributed by atoms with van der Waals surface area (Å²) in [7, 11) is 0. The summed E-state index contributed by atoms with van der Waals surface area (Å²) in [5.41, 5.74) is 6.30. The molecule has 0 unspecified atom stereocenters. The van der Waals surface area contributed by atoms with Gasteiger partial charge in [0.15, 0.2) is 5.13 Å². The molecule has 1 aromatic rings. The molecule has 0 atom stereocenters. The molecule has 0 radical (unpaired) electrons. The molecule has 1 aliphatic rings. The van der Waals surface area contributed by atoms with Crippen LogP contribution in [0, 0.1) is 5.92 Å². The Kier molecular flexibility index (Phi) is 5.17. The van der Waals surface area contributed by atoms with Crippen LogP contribution in [-0.4, -0.2) is 40.8 Å². The lowest BCUT2D eigenvalue weighted by atomic mass is 10.0. The van der Waals surface area contributed by atoms with Gasteiger partial charge in [-0.25, -0.2) is 4.98 Å². The molecular formula is C14H22N4O2S. The van der Waals surface area contributed by atoms with Gasteiger partial charge in [-0.3, -0.25) is 9.59 Å². The fourth-order valence-corrected chi connectivity index (χ4v) is 2.87. The van der Waals surface area contributed by atoms with Crippen molar-refractivity contribution in [3.8, 4) is 0 Å². The topological polar surface area (TPSA) is 88.3 Å². The maximum Gasteiger partial charge on any atom is 0.228 e. The lowest BCUT2D eigenvalue weighted by Gasteiger charge is -2.32. The number of nitrogens with zero attached hydrogens (tertiary/aromatic N) is 2. The summed E-state index contributed by atoms with van der Waals surface area (Å²) in [4.78, 5) is 29.8. The van der Waals surface area contributed by atoms with E-state index in [9.17, 15) is 9.59 Å². The quantitative estimate of drug-likeness (QED) is 0.869. The number of likely N-dealkylation sites (tertiary alicyclic amines) is 1. The van der Waals surface area contributed by atoms with Crippen LogP contribution in [0.5, 0.6) is 0 Å². The zero-order valence-corrected chi connectivity index (χ0v) is 13.3. The highest BCUT2D eigenvalue weighted by atomic mass is 32.1. The van der Waals surface area contributed by atoms with Gasteiger partial charge in [0.1, 0.15) is 0 Å². The van der Waals surface area contributed by atoms with Crippen molar-refractivity contribution in [1.29, 1.82) is 0 Å². The van der Waals surface area contributed by atoms with Crippen LogP contribution in [0.3, 0.4) is 0 Å². The third-order valence-electron chi connectivity index (χ3n) is 3.62. The van der Waals surface area contributed by atoms with Gasteiger partial charge in [-0.15, -0.1) is 11.3 Å². The third kappa shape index (κ3) is 4.42. The summed E-state index contributed by atoms with van der Waals surface area (Å²) < 4.78 is 0. The second-order valence-electron chi connectivity index (χ2n) is 5.67. The number of rotatable bonds is 4. The Morgan fingerprint density at radius 2 is 2.14 bits per heavy atom. The zero-order valence-electron chi connectivity index (χ0n) is 12.5. The van der Waals surface area contributed by atoms with Gasteiger partial charge in [-0.1, -0.05) is 13.8 Å². The van der Waals surface area contributed by atoms with E-state index >= 15 is 0 Å². The standard InChI is InChI=1S/C14H22N4O2S/c1-9(2)13(20)16-10-3-5-18(6-4-10)12(19)7-11-8-21-14(15)17-11/h8-10H,3-7H2,1-2H3,(H2,15,17)(H,16,20). The van der Waals surface area contributed by atoms with E-state index in [-0.39, 0.29) is 23.8 Å². The van der Waals surface area contributed by atoms with Gasteiger partial charge in [-0.05, 0) is 12.8 Å². The predicted molar refractivity (Wildman–Crippen MR) is 82.8 cm³/mol. The van der Waals surface area contributed by atoms with Crippen LogP contribution in [0.15, 0.2) is 5.38 Å². The summed E-state index contributed by atoms with van der Waals surface area (Å²) in [5.74, 6) is 0.159. The number of amides is 2. The minimum absolute atomic E-state index is 0.000199. The first-order chi connectivity index (χ1) is 9.95. The Morgan fingerprint density at radius 1 is 1.48 bits per heavy atom. The van der Waals surface area contributed by atoms with Gasteiger partial charge in [0, 0.05) is 30.4 Å². The van der Waals surface area contributed by atoms with Crippen molar-refractivity contribution in [2.75, 3.05) is 18.8 Å². The van der Waals surface area contributed by atoms with Gasteiger partial charge in [0.25, 0.3) is 0 Å². The zero-order chi connectivity index (χ0) is 15.4. The largest absolute Gasteiger partial charge is 0.375 e. The minimum atomic E-state index is -0.000199. The first-order valence-electron chi connectivity index (χ1n) is 7.23. The number of piperidine rings is 1. The van der Waals surface area contributed by atoms with Crippen LogP contribution in [0.2, 0.25) is 0 Å². The number of nitrogens with one attached hydrogen (secondary N) is 1. The minimum Gasteiger partial charge on any atom is -0.375 e. The molecule has 6 nitrogen and oxygen atoms in total. The molecule has 1 aliphatic heterocycles. The van der Waals surface area contributed by atoms with Crippen molar-refractivity contribution < 1.29 is 9.59 Å². The Hall–Kier alpha value is -1.63. The number of hydrogen-bond donors (Lipinski definition) is 2. The van der Waals surface area contributed by atoms with E-state index in [0.717, 1.165) is 18.5 Å². The van der Waals surface area contributed by atoms with E-state index in [4.69, 9.17) is 5.73 Å². The molecule has 7 heteroatoms. The van der Waals surface area contributed by atoms with Crippen LogP contribution >= 0.6 is 11.3 Å². The second-order valence-corrected chi connectivity index (χ2v) is 6.56. The van der Waals surface area contributed by atoms with Crippen LogP contribution in [0.1, 0.15) is 32.4 Å². The average Bonchev–Trinajstić information content (AvgIpc) is 2.84. The highest BCUT2D eigenvalue weighted by Crippen LogP contribution is 2.15.